The van der Waals surface area contributed by atoms with Crippen molar-refractivity contribution < 1.29 is 0 Å². The Morgan fingerprint density at radius 3 is 0.933 bits per heavy atom. The van der Waals surface area contributed by atoms with Crippen LogP contribution in [-0.2, 0) is 0 Å². The Hall–Kier alpha value is -22.2. The molecule has 0 aliphatic carbocycles. The van der Waals surface area contributed by atoms with Gasteiger partial charge in [0.25, 0.3) is 0 Å². The van der Waals surface area contributed by atoms with E-state index in [4.69, 9.17) is 6.57 Å². The maximum atomic E-state index is 10.6. The van der Waals surface area contributed by atoms with Crippen molar-refractivity contribution in [3.05, 3.63) is 511 Å². The molecular formula is C135H75N15. The number of nitriles is 8. The van der Waals surface area contributed by atoms with Gasteiger partial charge >= 0.3 is 0 Å². The number of rotatable bonds is 12. The third-order valence-electron chi connectivity index (χ3n) is 28.9. The molecular weight excluding hydrogens is 1830 g/mol. The molecule has 690 valence electrons. The van der Waals surface area contributed by atoms with E-state index in [1.807, 2.05) is 218 Å². The molecule has 15 nitrogen and oxygen atoms in total. The quantitative estimate of drug-likeness (QED) is 0.107. The minimum Gasteiger partial charge on any atom is -0.310 e. The van der Waals surface area contributed by atoms with Crippen molar-refractivity contribution in [1.82, 2.24) is 27.4 Å². The van der Waals surface area contributed by atoms with Crippen LogP contribution in [0.2, 0.25) is 0 Å². The second-order valence-corrected chi connectivity index (χ2v) is 36.8. The highest BCUT2D eigenvalue weighted by Gasteiger charge is 2.28. The molecule has 27 aromatic rings. The Morgan fingerprint density at radius 2 is 0.493 bits per heavy atom. The van der Waals surface area contributed by atoms with Crippen LogP contribution in [-0.4, -0.2) is 27.4 Å². The summed E-state index contributed by atoms with van der Waals surface area (Å²) in [5.74, 6) is 0. The fourth-order valence-electron chi connectivity index (χ4n) is 22.5. The van der Waals surface area contributed by atoms with Crippen LogP contribution in [0.5, 0.6) is 0 Å². The molecule has 6 heterocycles. The van der Waals surface area contributed by atoms with Crippen molar-refractivity contribution in [3.8, 4) is 149 Å². The molecule has 0 atom stereocenters. The van der Waals surface area contributed by atoms with Crippen LogP contribution in [0.3, 0.4) is 0 Å². The van der Waals surface area contributed by atoms with Gasteiger partial charge in [0, 0.05) is 98.1 Å². The molecule has 15 heteroatoms. The van der Waals surface area contributed by atoms with Gasteiger partial charge in [-0.1, -0.05) is 285 Å². The molecule has 21 aromatic carbocycles. The fourth-order valence-corrected chi connectivity index (χ4v) is 22.5. The highest BCUT2D eigenvalue weighted by Crippen LogP contribution is 2.49. The second-order valence-electron chi connectivity index (χ2n) is 36.8. The smallest absolute Gasteiger partial charge is 0.189 e. The first-order chi connectivity index (χ1) is 74.1. The lowest BCUT2D eigenvalue weighted by atomic mass is 9.91. The molecule has 0 saturated heterocycles. The number of fused-ring (bicyclic) bond motifs is 18. The monoisotopic (exact) mass is 1910 g/mol. The van der Waals surface area contributed by atoms with Crippen LogP contribution in [0.15, 0.2) is 455 Å². The van der Waals surface area contributed by atoms with E-state index in [-0.39, 0.29) is 0 Å². The van der Waals surface area contributed by atoms with Crippen molar-refractivity contribution in [1.29, 1.82) is 42.1 Å². The van der Waals surface area contributed by atoms with E-state index in [1.165, 1.54) is 10.8 Å². The van der Waals surface area contributed by atoms with Crippen LogP contribution < -0.4 is 0 Å². The van der Waals surface area contributed by atoms with Crippen LogP contribution in [0.4, 0.5) is 5.69 Å². The number of hydrogen-bond acceptors (Lipinski definition) is 8. The lowest BCUT2D eigenvalue weighted by molar-refractivity contribution is 1.17. The molecule has 0 aliphatic heterocycles. The topological polar surface area (TPSA) is 224 Å². The van der Waals surface area contributed by atoms with Gasteiger partial charge in [-0.15, -0.1) is 0 Å². The second kappa shape index (κ2) is 37.0. The van der Waals surface area contributed by atoms with E-state index in [0.717, 1.165) is 221 Å². The Labute approximate surface area is 860 Å². The van der Waals surface area contributed by atoms with E-state index >= 15 is 0 Å². The summed E-state index contributed by atoms with van der Waals surface area (Å²) < 4.78 is 13.1. The molecule has 0 amide bonds. The molecule has 0 bridgehead atoms. The molecule has 0 radical (unpaired) electrons. The van der Waals surface area contributed by atoms with Crippen molar-refractivity contribution in [2.45, 2.75) is 0 Å². The summed E-state index contributed by atoms with van der Waals surface area (Å²) in [6.07, 6.45) is 0. The van der Waals surface area contributed by atoms with E-state index in [1.54, 1.807) is 12.1 Å². The summed E-state index contributed by atoms with van der Waals surface area (Å²) in [5.41, 5.74) is 34.0. The first-order valence-electron chi connectivity index (χ1n) is 48.8. The highest BCUT2D eigenvalue weighted by atomic mass is 15.0. The Morgan fingerprint density at radius 1 is 0.173 bits per heavy atom. The summed E-state index contributed by atoms with van der Waals surface area (Å²) in [4.78, 5) is 3.74. The average Bonchev–Trinajstić information content (AvgIpc) is 1.62. The number of nitrogens with zero attached hydrogens (tertiary/aromatic N) is 15. The summed E-state index contributed by atoms with van der Waals surface area (Å²) in [6.45, 7) is 7.70. The van der Waals surface area contributed by atoms with Crippen LogP contribution in [0.25, 0.3) is 237 Å². The molecule has 0 aliphatic rings. The Balaban J connectivity index is 0.000000116. The van der Waals surface area contributed by atoms with Crippen LogP contribution in [0.1, 0.15) is 44.5 Å². The third-order valence-corrected chi connectivity index (χ3v) is 28.9. The predicted molar refractivity (Wildman–Crippen MR) is 602 cm³/mol. The first-order valence-corrected chi connectivity index (χ1v) is 48.8. The van der Waals surface area contributed by atoms with Gasteiger partial charge in [0.15, 0.2) is 5.69 Å². The first kappa shape index (κ1) is 89.2. The molecule has 0 saturated carbocycles. The standard InChI is InChI=1S/3C45H25N5/c1-48-32-20-21-38-36-13-5-8-16-42(36)50(45(38)26-32)41-15-7-4-12-35(41)34-11-3-2-10-33(34)30-19-23-40(31(25-30)28-47)49-43-17-9-6-14-37(43)39-24-29(27-46)18-22-44(39)49;46-26-29-20-22-44-39(24-29)37-15-5-6-17-41(37)49(44)40-23-21-30(25-32(40)28-48)33-11-1-2-12-34(33)35-13-3-7-18-42(35)50-43-19-8-4-14-36(43)38-16-9-10-31(27-47)45(38)50;46-26-29-20-23-43-39(24-29)45-30(27-47)10-9-19-44(45)49(43)32-21-22-33(31(25-32)28-48)34-11-1-2-12-35(34)36-13-3-6-16-40(36)50-41-17-7-4-14-37(41)38-15-5-8-18-42(38)50/h2-26H;2*1-25H. The third kappa shape index (κ3) is 14.6. The lowest BCUT2D eigenvalue weighted by Crippen LogP contribution is -2.00. The van der Waals surface area contributed by atoms with E-state index in [2.05, 4.69) is 305 Å². The van der Waals surface area contributed by atoms with E-state index in [9.17, 15) is 42.1 Å². The largest absolute Gasteiger partial charge is 0.310 e. The predicted octanol–water partition coefficient (Wildman–Crippen LogP) is 33.2. The molecule has 0 fully saturated rings. The van der Waals surface area contributed by atoms with E-state index < -0.39 is 0 Å². The number of benzene rings is 21. The molecule has 0 unspecified atom stereocenters. The molecule has 150 heavy (non-hydrogen) atoms. The van der Waals surface area contributed by atoms with Crippen molar-refractivity contribution in [2.75, 3.05) is 0 Å². The fraction of sp³-hybridized carbons (Fsp3) is 0. The van der Waals surface area contributed by atoms with Crippen LogP contribution >= 0.6 is 0 Å². The van der Waals surface area contributed by atoms with Gasteiger partial charge in [0.2, 0.25) is 0 Å². The maximum Gasteiger partial charge on any atom is 0.189 e. The molecule has 6 aromatic heterocycles. The average molecular weight is 1910 g/mol. The summed E-state index contributed by atoms with van der Waals surface area (Å²) >= 11 is 0. The normalized spacial score (nSPS) is 11.1. The summed E-state index contributed by atoms with van der Waals surface area (Å²) in [5, 5.41) is 93.2. The zero-order valence-corrected chi connectivity index (χ0v) is 80.0. The van der Waals surface area contributed by atoms with Gasteiger partial charge in [0.1, 0.15) is 18.2 Å². The Kier molecular flexibility index (Phi) is 22.0. The molecule has 27 rings (SSSR count). The van der Waals surface area contributed by atoms with E-state index in [0.29, 0.717) is 50.2 Å². The van der Waals surface area contributed by atoms with Gasteiger partial charge < -0.3 is 27.4 Å². The number of para-hydroxylation sites is 10. The van der Waals surface area contributed by atoms with Gasteiger partial charge in [0.05, 0.1) is 171 Å². The minimum atomic E-state index is 0.523. The minimum absolute atomic E-state index is 0.523. The van der Waals surface area contributed by atoms with Crippen molar-refractivity contribution >= 4 is 137 Å². The van der Waals surface area contributed by atoms with Gasteiger partial charge in [-0.2, -0.15) is 42.1 Å². The van der Waals surface area contributed by atoms with Gasteiger partial charge in [-0.25, -0.2) is 4.85 Å². The molecule has 0 spiro atoms. The lowest BCUT2D eigenvalue weighted by Gasteiger charge is -2.18. The van der Waals surface area contributed by atoms with Crippen LogP contribution in [0, 0.1) is 97.2 Å². The SMILES string of the molecule is N#Cc1ccc2c(c1)c1c(C#N)cccc1n2-c1ccc(-c2ccccc2-c2ccccc2-n2c3ccccc3c3ccccc32)c(C#N)c1.N#Cc1ccc2c(c1)c1ccccc1n2-c1ccc(-c2ccccc2-c2ccccc2-n2c3ccccc3c3cccc(C#N)c32)cc1C#N.[C-]#[N+]c1ccc2c3ccccc3n(-c3ccccc3-c3ccccc3-c3ccc(-n4c5ccccc5c5cc(C#N)ccc54)c(C#N)c3)c2c1. The van der Waals surface area contributed by atoms with Gasteiger partial charge in [-0.05, 0) is 214 Å². The maximum absolute atomic E-state index is 10.6. The zero-order valence-electron chi connectivity index (χ0n) is 80.0. The number of hydrogen-bond donors (Lipinski definition) is 0. The number of aromatic nitrogens is 6. The molecule has 0 N–H and O–H groups in total. The highest BCUT2D eigenvalue weighted by molar-refractivity contribution is 6.17. The van der Waals surface area contributed by atoms with Crippen molar-refractivity contribution in [2.24, 2.45) is 0 Å². The summed E-state index contributed by atoms with van der Waals surface area (Å²) in [7, 11) is 0. The summed E-state index contributed by atoms with van der Waals surface area (Å²) in [6, 6.07) is 171. The van der Waals surface area contributed by atoms with Gasteiger partial charge in [-0.3, -0.25) is 0 Å². The zero-order chi connectivity index (χ0) is 101. The Bertz CT molecular complexity index is 10800. The van der Waals surface area contributed by atoms with Crippen molar-refractivity contribution in [3.63, 3.8) is 0 Å².